The molecule has 1 aliphatic rings. The third-order valence-electron chi connectivity index (χ3n) is 4.61. The number of halogens is 1. The van der Waals surface area contributed by atoms with Gasteiger partial charge in [0.05, 0.1) is 17.3 Å². The van der Waals surface area contributed by atoms with Crippen LogP contribution >= 0.6 is 15.9 Å². The van der Waals surface area contributed by atoms with Crippen LogP contribution in [-0.4, -0.2) is 31.6 Å². The van der Waals surface area contributed by atoms with Crippen LogP contribution in [0.15, 0.2) is 59.1 Å². The summed E-state index contributed by atoms with van der Waals surface area (Å²) in [5.41, 5.74) is 1.79. The van der Waals surface area contributed by atoms with Gasteiger partial charge in [-0.25, -0.2) is 9.69 Å². The highest BCUT2D eigenvalue weighted by Gasteiger charge is 2.36. The van der Waals surface area contributed by atoms with Crippen molar-refractivity contribution in [2.24, 2.45) is 0 Å². The molecule has 1 aliphatic heterocycles. The largest absolute Gasteiger partial charge is 0.493 e. The predicted octanol–water partition coefficient (Wildman–Crippen LogP) is 4.25. The second kappa shape index (κ2) is 9.61. The van der Waals surface area contributed by atoms with Gasteiger partial charge in [-0.1, -0.05) is 31.7 Å². The Kier molecular flexibility index (Phi) is 6.91. The van der Waals surface area contributed by atoms with E-state index >= 15 is 0 Å². The number of hydrogen-bond donors (Lipinski definition) is 1. The maximum Gasteiger partial charge on any atom is 0.335 e. The molecular weight excluding hydrogens is 464 g/mol. The molecule has 0 atom stereocenters. The molecule has 31 heavy (non-hydrogen) atoms. The van der Waals surface area contributed by atoms with Crippen molar-refractivity contribution in [3.8, 4) is 11.5 Å². The fourth-order valence-corrected chi connectivity index (χ4v) is 3.62. The SMILES string of the molecule is C=CCOc1c(Br)cc(C=C2C(=O)NC(=O)N(c3ccc(CC)cc3)C2=O)cc1OC. The second-order valence-electron chi connectivity index (χ2n) is 6.61. The molecule has 0 aromatic heterocycles. The van der Waals surface area contributed by atoms with E-state index in [-0.39, 0.29) is 12.2 Å². The van der Waals surface area contributed by atoms with Crippen LogP contribution in [0.2, 0.25) is 0 Å². The van der Waals surface area contributed by atoms with Crippen molar-refractivity contribution in [2.75, 3.05) is 18.6 Å². The lowest BCUT2D eigenvalue weighted by atomic mass is 10.1. The molecule has 0 saturated carbocycles. The maximum atomic E-state index is 13.1. The predicted molar refractivity (Wildman–Crippen MR) is 121 cm³/mol. The fourth-order valence-electron chi connectivity index (χ4n) is 3.04. The summed E-state index contributed by atoms with van der Waals surface area (Å²) in [4.78, 5) is 38.8. The standard InChI is InChI=1S/C23H21BrN2O5/c1-4-10-31-20-18(24)12-15(13-19(20)30-3)11-17-21(27)25-23(29)26(22(17)28)16-8-6-14(5-2)7-9-16/h4,6-9,11-13H,1,5,10H2,2-3H3,(H,25,27,29). The number of carbonyl (C=O) groups is 3. The number of nitrogens with zero attached hydrogens (tertiary/aromatic N) is 1. The fraction of sp³-hybridized carbons (Fsp3) is 0.174. The second-order valence-corrected chi connectivity index (χ2v) is 7.47. The number of urea groups is 1. The number of anilines is 1. The number of amides is 4. The zero-order valence-corrected chi connectivity index (χ0v) is 18.7. The minimum absolute atomic E-state index is 0.173. The van der Waals surface area contributed by atoms with Crippen molar-refractivity contribution >= 4 is 45.5 Å². The first-order chi connectivity index (χ1) is 14.9. The Bertz CT molecular complexity index is 1080. The lowest BCUT2D eigenvalue weighted by molar-refractivity contribution is -0.122. The lowest BCUT2D eigenvalue weighted by Gasteiger charge is -2.26. The zero-order valence-electron chi connectivity index (χ0n) is 17.1. The van der Waals surface area contributed by atoms with Crippen LogP contribution in [0.1, 0.15) is 18.1 Å². The van der Waals surface area contributed by atoms with Gasteiger partial charge in [-0.3, -0.25) is 14.9 Å². The van der Waals surface area contributed by atoms with E-state index in [1.165, 1.54) is 13.2 Å². The third kappa shape index (κ3) is 4.69. The van der Waals surface area contributed by atoms with E-state index in [1.54, 1.807) is 30.3 Å². The molecule has 0 bridgehead atoms. The van der Waals surface area contributed by atoms with Crippen LogP contribution in [-0.2, 0) is 16.0 Å². The quantitative estimate of drug-likeness (QED) is 0.360. The minimum Gasteiger partial charge on any atom is -0.493 e. The Morgan fingerprint density at radius 2 is 1.87 bits per heavy atom. The normalized spacial score (nSPS) is 15.1. The summed E-state index contributed by atoms with van der Waals surface area (Å²) in [5.74, 6) is -0.592. The maximum absolute atomic E-state index is 13.1. The highest BCUT2D eigenvalue weighted by Crippen LogP contribution is 2.37. The molecular formula is C23H21BrN2O5. The van der Waals surface area contributed by atoms with Gasteiger partial charge in [0.25, 0.3) is 11.8 Å². The van der Waals surface area contributed by atoms with E-state index in [1.807, 2.05) is 19.1 Å². The smallest absolute Gasteiger partial charge is 0.335 e. The first-order valence-electron chi connectivity index (χ1n) is 9.51. The van der Waals surface area contributed by atoms with E-state index in [4.69, 9.17) is 9.47 Å². The number of aryl methyl sites for hydroxylation is 1. The highest BCUT2D eigenvalue weighted by molar-refractivity contribution is 9.10. The zero-order chi connectivity index (χ0) is 22.5. The van der Waals surface area contributed by atoms with Gasteiger partial charge in [-0.05, 0) is 63.8 Å². The van der Waals surface area contributed by atoms with E-state index in [2.05, 4.69) is 27.8 Å². The molecule has 8 heteroatoms. The van der Waals surface area contributed by atoms with E-state index in [0.717, 1.165) is 16.9 Å². The monoisotopic (exact) mass is 484 g/mol. The van der Waals surface area contributed by atoms with Crippen LogP contribution in [0.3, 0.4) is 0 Å². The average molecular weight is 485 g/mol. The van der Waals surface area contributed by atoms with E-state index in [9.17, 15) is 14.4 Å². The Labute approximate surface area is 188 Å². The van der Waals surface area contributed by atoms with E-state index in [0.29, 0.717) is 27.2 Å². The molecule has 1 saturated heterocycles. The van der Waals surface area contributed by atoms with Crippen molar-refractivity contribution in [1.29, 1.82) is 0 Å². The summed E-state index contributed by atoms with van der Waals surface area (Å²) in [7, 11) is 1.48. The molecule has 1 fully saturated rings. The topological polar surface area (TPSA) is 84.9 Å². The average Bonchev–Trinajstić information content (AvgIpc) is 2.76. The summed E-state index contributed by atoms with van der Waals surface area (Å²) in [5, 5.41) is 2.22. The Morgan fingerprint density at radius 1 is 1.16 bits per heavy atom. The van der Waals surface area contributed by atoms with Gasteiger partial charge in [0, 0.05) is 0 Å². The molecule has 0 unspecified atom stereocenters. The van der Waals surface area contributed by atoms with E-state index < -0.39 is 17.8 Å². The van der Waals surface area contributed by atoms with Gasteiger partial charge in [0.1, 0.15) is 12.2 Å². The Balaban J connectivity index is 1.99. The van der Waals surface area contributed by atoms with Gasteiger partial charge in [-0.2, -0.15) is 0 Å². The molecule has 160 valence electrons. The number of barbiturate groups is 1. The first kappa shape index (κ1) is 22.3. The number of rotatable bonds is 7. The van der Waals surface area contributed by atoms with Crippen molar-refractivity contribution in [1.82, 2.24) is 5.32 Å². The molecule has 0 radical (unpaired) electrons. The molecule has 1 heterocycles. The van der Waals surface area contributed by atoms with Gasteiger partial charge in [0.15, 0.2) is 11.5 Å². The number of methoxy groups -OCH3 is 1. The van der Waals surface area contributed by atoms with Crippen LogP contribution in [0.5, 0.6) is 11.5 Å². The summed E-state index contributed by atoms with van der Waals surface area (Å²) < 4.78 is 11.5. The molecule has 2 aromatic carbocycles. The third-order valence-corrected chi connectivity index (χ3v) is 5.20. The number of nitrogens with one attached hydrogen (secondary N) is 1. The number of hydrogen-bond acceptors (Lipinski definition) is 5. The molecule has 1 N–H and O–H groups in total. The van der Waals surface area contributed by atoms with Crippen molar-refractivity contribution in [3.63, 3.8) is 0 Å². The van der Waals surface area contributed by atoms with Gasteiger partial charge >= 0.3 is 6.03 Å². The molecule has 4 amide bonds. The van der Waals surface area contributed by atoms with Crippen LogP contribution < -0.4 is 19.7 Å². The summed E-state index contributed by atoms with van der Waals surface area (Å²) in [6.07, 6.45) is 3.83. The summed E-state index contributed by atoms with van der Waals surface area (Å²) >= 11 is 3.42. The Hall–Kier alpha value is -3.39. The molecule has 0 spiro atoms. The Morgan fingerprint density at radius 3 is 2.48 bits per heavy atom. The number of imide groups is 2. The van der Waals surface area contributed by atoms with Crippen LogP contribution in [0.4, 0.5) is 10.5 Å². The van der Waals surface area contributed by atoms with Crippen molar-refractivity contribution in [3.05, 3.63) is 70.2 Å². The first-order valence-corrected chi connectivity index (χ1v) is 10.3. The minimum atomic E-state index is -0.789. The molecule has 7 nitrogen and oxygen atoms in total. The number of carbonyl (C=O) groups excluding carboxylic acids is 3. The van der Waals surface area contributed by atoms with Crippen molar-refractivity contribution < 1.29 is 23.9 Å². The highest BCUT2D eigenvalue weighted by atomic mass is 79.9. The molecule has 0 aliphatic carbocycles. The van der Waals surface area contributed by atoms with Crippen LogP contribution in [0.25, 0.3) is 6.08 Å². The van der Waals surface area contributed by atoms with Crippen LogP contribution in [0, 0.1) is 0 Å². The van der Waals surface area contributed by atoms with Gasteiger partial charge in [0.2, 0.25) is 0 Å². The lowest BCUT2D eigenvalue weighted by Crippen LogP contribution is -2.54. The number of ether oxygens (including phenoxy) is 2. The number of benzene rings is 2. The molecule has 3 rings (SSSR count). The van der Waals surface area contributed by atoms with Gasteiger partial charge < -0.3 is 9.47 Å². The molecule has 2 aromatic rings. The summed E-state index contributed by atoms with van der Waals surface area (Å²) in [6.45, 7) is 5.90. The van der Waals surface area contributed by atoms with Gasteiger partial charge in [-0.15, -0.1) is 0 Å². The van der Waals surface area contributed by atoms with Crippen molar-refractivity contribution in [2.45, 2.75) is 13.3 Å². The summed E-state index contributed by atoms with van der Waals surface area (Å²) in [6, 6.07) is 9.55.